The minimum Gasteiger partial charge on any atom is -0.367 e. The zero-order chi connectivity index (χ0) is 14.6. The fourth-order valence-electron chi connectivity index (χ4n) is 3.31. The fourth-order valence-corrected chi connectivity index (χ4v) is 3.31. The number of nitrogens with one attached hydrogen (secondary N) is 1. The fraction of sp³-hybridized carbons (Fsp3) is 0.588. The molecular formula is C17H23FN2. The minimum absolute atomic E-state index is 0.247. The Labute approximate surface area is 121 Å². The highest BCUT2D eigenvalue weighted by molar-refractivity contribution is 5.47. The van der Waals surface area contributed by atoms with Crippen LogP contribution in [-0.2, 0) is 0 Å². The molecule has 0 bridgehead atoms. The van der Waals surface area contributed by atoms with Crippen molar-refractivity contribution in [3.8, 4) is 6.07 Å². The van der Waals surface area contributed by atoms with E-state index in [0.29, 0.717) is 11.8 Å². The molecule has 2 atom stereocenters. The molecule has 108 valence electrons. The van der Waals surface area contributed by atoms with Crippen molar-refractivity contribution in [2.75, 3.05) is 5.32 Å². The van der Waals surface area contributed by atoms with Crippen LogP contribution < -0.4 is 5.32 Å². The zero-order valence-corrected chi connectivity index (χ0v) is 12.3. The summed E-state index contributed by atoms with van der Waals surface area (Å²) in [5.41, 5.74) is 0.341. The van der Waals surface area contributed by atoms with Crippen molar-refractivity contribution in [1.29, 1.82) is 5.26 Å². The lowest BCUT2D eigenvalue weighted by molar-refractivity contribution is 0.254. The first-order valence-electron chi connectivity index (χ1n) is 7.48. The van der Waals surface area contributed by atoms with E-state index in [1.165, 1.54) is 25.0 Å². The normalized spacial score (nSPS) is 26.2. The molecule has 1 saturated carbocycles. The SMILES string of the molecule is CC(C)CC1CCCC(C#N)(Nc2ccc(F)cc2)C1. The highest BCUT2D eigenvalue weighted by Gasteiger charge is 2.36. The first-order valence-corrected chi connectivity index (χ1v) is 7.48. The number of hydrogen-bond donors (Lipinski definition) is 1. The van der Waals surface area contributed by atoms with Gasteiger partial charge in [-0.2, -0.15) is 5.26 Å². The number of hydrogen-bond acceptors (Lipinski definition) is 2. The second-order valence-electron chi connectivity index (χ2n) is 6.42. The van der Waals surface area contributed by atoms with E-state index in [0.717, 1.165) is 24.9 Å². The summed E-state index contributed by atoms with van der Waals surface area (Å²) in [6.45, 7) is 4.46. The number of nitriles is 1. The topological polar surface area (TPSA) is 35.8 Å². The van der Waals surface area contributed by atoms with E-state index in [-0.39, 0.29) is 5.82 Å². The van der Waals surface area contributed by atoms with Crippen LogP contribution in [-0.4, -0.2) is 5.54 Å². The third-order valence-corrected chi connectivity index (χ3v) is 4.10. The summed E-state index contributed by atoms with van der Waals surface area (Å²) in [7, 11) is 0. The molecule has 1 aromatic rings. The lowest BCUT2D eigenvalue weighted by Crippen LogP contribution is -2.41. The Hall–Kier alpha value is -1.56. The monoisotopic (exact) mass is 274 g/mol. The summed E-state index contributed by atoms with van der Waals surface area (Å²) in [4.78, 5) is 0. The number of halogens is 1. The highest BCUT2D eigenvalue weighted by Crippen LogP contribution is 2.37. The molecule has 2 unspecified atom stereocenters. The Morgan fingerprint density at radius 1 is 1.40 bits per heavy atom. The summed E-state index contributed by atoms with van der Waals surface area (Å²) in [5, 5.41) is 13.0. The van der Waals surface area contributed by atoms with Crippen LogP contribution in [0, 0.1) is 29.0 Å². The van der Waals surface area contributed by atoms with Crippen LogP contribution in [0.1, 0.15) is 46.0 Å². The van der Waals surface area contributed by atoms with Crippen molar-refractivity contribution < 1.29 is 4.39 Å². The standard InChI is InChI=1S/C17H23FN2/c1-13(2)10-14-4-3-9-17(11-14,12-19)20-16-7-5-15(18)6-8-16/h5-8,13-14,20H,3-4,9-11H2,1-2H3. The van der Waals surface area contributed by atoms with E-state index < -0.39 is 5.54 Å². The maximum atomic E-state index is 13.0. The molecule has 0 saturated heterocycles. The average molecular weight is 274 g/mol. The second kappa shape index (κ2) is 6.26. The third-order valence-electron chi connectivity index (χ3n) is 4.10. The molecule has 1 aliphatic rings. The van der Waals surface area contributed by atoms with Gasteiger partial charge in [0, 0.05) is 5.69 Å². The Kier molecular flexibility index (Phi) is 4.65. The van der Waals surface area contributed by atoms with Gasteiger partial charge in [-0.1, -0.05) is 20.3 Å². The summed E-state index contributed by atoms with van der Waals surface area (Å²) >= 11 is 0. The number of anilines is 1. The summed E-state index contributed by atoms with van der Waals surface area (Å²) < 4.78 is 13.0. The number of nitrogens with zero attached hydrogens (tertiary/aromatic N) is 1. The van der Waals surface area contributed by atoms with Gasteiger partial charge in [0.2, 0.25) is 0 Å². The van der Waals surface area contributed by atoms with Crippen molar-refractivity contribution in [3.63, 3.8) is 0 Å². The molecule has 1 aromatic carbocycles. The van der Waals surface area contributed by atoms with Gasteiger partial charge in [0.15, 0.2) is 0 Å². The van der Waals surface area contributed by atoms with Gasteiger partial charge in [-0.25, -0.2) is 4.39 Å². The molecule has 0 aliphatic heterocycles. The van der Waals surface area contributed by atoms with E-state index in [4.69, 9.17) is 0 Å². The third kappa shape index (κ3) is 3.72. The van der Waals surface area contributed by atoms with E-state index in [1.807, 2.05) is 0 Å². The Balaban J connectivity index is 2.08. The molecule has 2 rings (SSSR count). The van der Waals surface area contributed by atoms with Crippen LogP contribution in [0.3, 0.4) is 0 Å². The molecule has 1 N–H and O–H groups in total. The maximum Gasteiger partial charge on any atom is 0.125 e. The Morgan fingerprint density at radius 3 is 2.70 bits per heavy atom. The van der Waals surface area contributed by atoms with E-state index in [1.54, 1.807) is 12.1 Å². The van der Waals surface area contributed by atoms with Crippen LogP contribution in [0.25, 0.3) is 0 Å². The predicted molar refractivity (Wildman–Crippen MR) is 79.8 cm³/mol. The first-order chi connectivity index (χ1) is 9.53. The average Bonchev–Trinajstić information content (AvgIpc) is 2.41. The zero-order valence-electron chi connectivity index (χ0n) is 12.3. The second-order valence-corrected chi connectivity index (χ2v) is 6.42. The Bertz CT molecular complexity index is 475. The first kappa shape index (κ1) is 14.8. The number of benzene rings is 1. The molecule has 20 heavy (non-hydrogen) atoms. The smallest absolute Gasteiger partial charge is 0.125 e. The molecule has 0 heterocycles. The highest BCUT2D eigenvalue weighted by atomic mass is 19.1. The summed E-state index contributed by atoms with van der Waals surface area (Å²) in [5.74, 6) is 1.03. The molecule has 0 radical (unpaired) electrons. The summed E-state index contributed by atoms with van der Waals surface area (Å²) in [6.07, 6.45) is 5.23. The van der Waals surface area contributed by atoms with Crippen LogP contribution in [0.5, 0.6) is 0 Å². The van der Waals surface area contributed by atoms with Gasteiger partial charge in [-0.05, 0) is 61.8 Å². The molecule has 0 spiro atoms. The van der Waals surface area contributed by atoms with E-state index in [9.17, 15) is 9.65 Å². The molecule has 1 fully saturated rings. The molecule has 3 heteroatoms. The minimum atomic E-state index is -0.490. The van der Waals surface area contributed by atoms with Gasteiger partial charge in [-0.15, -0.1) is 0 Å². The predicted octanol–water partition coefficient (Wildman–Crippen LogP) is 4.74. The lowest BCUT2D eigenvalue weighted by atomic mass is 9.73. The molecule has 2 nitrogen and oxygen atoms in total. The molecule has 1 aliphatic carbocycles. The van der Waals surface area contributed by atoms with Crippen molar-refractivity contribution in [2.24, 2.45) is 11.8 Å². The van der Waals surface area contributed by atoms with Gasteiger partial charge >= 0.3 is 0 Å². The van der Waals surface area contributed by atoms with Crippen molar-refractivity contribution in [2.45, 2.75) is 51.5 Å². The molecule has 0 amide bonds. The van der Waals surface area contributed by atoms with Crippen molar-refractivity contribution in [1.82, 2.24) is 0 Å². The van der Waals surface area contributed by atoms with Gasteiger partial charge in [0.05, 0.1) is 6.07 Å². The lowest BCUT2D eigenvalue weighted by Gasteiger charge is -2.37. The Morgan fingerprint density at radius 2 is 2.10 bits per heavy atom. The molecule has 0 aromatic heterocycles. The molecular weight excluding hydrogens is 251 g/mol. The quantitative estimate of drug-likeness (QED) is 0.861. The van der Waals surface area contributed by atoms with Gasteiger partial charge in [0.1, 0.15) is 11.4 Å². The van der Waals surface area contributed by atoms with E-state index in [2.05, 4.69) is 25.2 Å². The van der Waals surface area contributed by atoms with Crippen LogP contribution in [0.4, 0.5) is 10.1 Å². The van der Waals surface area contributed by atoms with Crippen LogP contribution >= 0.6 is 0 Å². The van der Waals surface area contributed by atoms with Gasteiger partial charge in [0.25, 0.3) is 0 Å². The van der Waals surface area contributed by atoms with Crippen LogP contribution in [0.15, 0.2) is 24.3 Å². The van der Waals surface area contributed by atoms with E-state index >= 15 is 0 Å². The van der Waals surface area contributed by atoms with Gasteiger partial charge < -0.3 is 5.32 Å². The maximum absolute atomic E-state index is 13.0. The van der Waals surface area contributed by atoms with Crippen LogP contribution in [0.2, 0.25) is 0 Å². The van der Waals surface area contributed by atoms with Crippen molar-refractivity contribution >= 4 is 5.69 Å². The van der Waals surface area contributed by atoms with Crippen molar-refractivity contribution in [3.05, 3.63) is 30.1 Å². The summed E-state index contributed by atoms with van der Waals surface area (Å²) in [6, 6.07) is 8.76. The number of rotatable bonds is 4. The van der Waals surface area contributed by atoms with Gasteiger partial charge in [-0.3, -0.25) is 0 Å². The largest absolute Gasteiger partial charge is 0.367 e.